The Labute approximate surface area is 170 Å². The van der Waals surface area contributed by atoms with Crippen LogP contribution in [0.3, 0.4) is 0 Å². The molecule has 2 aromatic carbocycles. The van der Waals surface area contributed by atoms with E-state index in [-0.39, 0.29) is 24.6 Å². The molecule has 3 nitrogen and oxygen atoms in total. The van der Waals surface area contributed by atoms with Crippen molar-refractivity contribution < 1.29 is 22.7 Å². The summed E-state index contributed by atoms with van der Waals surface area (Å²) >= 11 is 0. The number of rotatable bonds is 5. The van der Waals surface area contributed by atoms with Gasteiger partial charge in [-0.2, -0.15) is 13.2 Å². The fraction of sp³-hybridized carbons (Fsp3) is 0.435. The molecule has 1 aliphatic rings. The Kier molecular flexibility index (Phi) is 7.11. The molecule has 0 spiro atoms. The third kappa shape index (κ3) is 4.81. The first kappa shape index (κ1) is 22.9. The van der Waals surface area contributed by atoms with E-state index in [0.717, 1.165) is 11.6 Å². The van der Waals surface area contributed by atoms with Gasteiger partial charge in [-0.25, -0.2) is 0 Å². The molecule has 0 bridgehead atoms. The molecule has 1 aliphatic heterocycles. The maximum atomic E-state index is 13.6. The van der Waals surface area contributed by atoms with Crippen LogP contribution in [0.15, 0.2) is 42.5 Å². The normalized spacial score (nSPS) is 15.0. The van der Waals surface area contributed by atoms with E-state index in [1.54, 1.807) is 26.8 Å². The summed E-state index contributed by atoms with van der Waals surface area (Å²) in [4.78, 5) is 14.3. The molecule has 0 unspecified atom stereocenters. The predicted molar refractivity (Wildman–Crippen MR) is 109 cm³/mol. The monoisotopic (exact) mass is 407 g/mol. The molecule has 6 heteroatoms. The molecular weight excluding hydrogens is 379 g/mol. The van der Waals surface area contributed by atoms with Crippen LogP contribution >= 0.6 is 0 Å². The maximum Gasteiger partial charge on any atom is 0.416 e. The van der Waals surface area contributed by atoms with Crippen LogP contribution in [0, 0.1) is 6.92 Å². The number of carbonyl (C=O) groups excluding carboxylic acids is 1. The lowest BCUT2D eigenvalue weighted by molar-refractivity contribution is -0.138. The number of ether oxygens (including phenoxy) is 1. The molecule has 0 aromatic heterocycles. The first-order valence-electron chi connectivity index (χ1n) is 9.78. The quantitative estimate of drug-likeness (QED) is 0.579. The van der Waals surface area contributed by atoms with Gasteiger partial charge in [0.15, 0.2) is 0 Å². The fourth-order valence-electron chi connectivity index (χ4n) is 3.56. The van der Waals surface area contributed by atoms with E-state index in [0.29, 0.717) is 17.9 Å². The van der Waals surface area contributed by atoms with Gasteiger partial charge < -0.3 is 9.64 Å². The van der Waals surface area contributed by atoms with Gasteiger partial charge in [-0.1, -0.05) is 44.2 Å². The van der Waals surface area contributed by atoms with E-state index < -0.39 is 17.2 Å². The predicted octanol–water partition coefficient (Wildman–Crippen LogP) is 5.88. The van der Waals surface area contributed by atoms with Gasteiger partial charge in [0.2, 0.25) is 5.91 Å². The van der Waals surface area contributed by atoms with Crippen molar-refractivity contribution in [2.24, 2.45) is 0 Å². The lowest BCUT2D eigenvalue weighted by Gasteiger charge is -2.21. The molecule has 3 rings (SSSR count). The Hall–Kier alpha value is -2.34. The first-order valence-corrected chi connectivity index (χ1v) is 9.78. The van der Waals surface area contributed by atoms with Gasteiger partial charge in [-0.3, -0.25) is 4.79 Å². The van der Waals surface area contributed by atoms with E-state index in [1.165, 1.54) is 4.90 Å². The minimum Gasteiger partial charge on any atom is -0.375 e. The number of amides is 1. The van der Waals surface area contributed by atoms with E-state index in [9.17, 15) is 18.0 Å². The second-order valence-electron chi connectivity index (χ2n) is 7.32. The van der Waals surface area contributed by atoms with Crippen LogP contribution in [0.4, 0.5) is 18.9 Å². The SMILES string of the molecule is CC.Cc1cc2c(c(C(F)(F)F)c1)C(C)(C)C(=O)N2CCOCc1ccccc1. The summed E-state index contributed by atoms with van der Waals surface area (Å²) < 4.78 is 46.3. The topological polar surface area (TPSA) is 29.5 Å². The third-order valence-electron chi connectivity index (χ3n) is 4.83. The van der Waals surface area contributed by atoms with Gasteiger partial charge in [0.25, 0.3) is 0 Å². The van der Waals surface area contributed by atoms with Gasteiger partial charge in [0.05, 0.1) is 24.2 Å². The fourth-order valence-corrected chi connectivity index (χ4v) is 3.56. The molecule has 158 valence electrons. The molecule has 0 saturated carbocycles. The average Bonchev–Trinajstić information content (AvgIpc) is 2.86. The zero-order valence-corrected chi connectivity index (χ0v) is 17.6. The third-order valence-corrected chi connectivity index (χ3v) is 4.83. The molecule has 2 aromatic rings. The summed E-state index contributed by atoms with van der Waals surface area (Å²) in [5.74, 6) is -0.336. The molecule has 29 heavy (non-hydrogen) atoms. The molecule has 1 amide bonds. The summed E-state index contributed by atoms with van der Waals surface area (Å²) in [5.41, 5.74) is -0.103. The highest BCUT2D eigenvalue weighted by Crippen LogP contribution is 2.48. The first-order chi connectivity index (χ1) is 13.6. The van der Waals surface area contributed by atoms with Crippen molar-refractivity contribution in [2.75, 3.05) is 18.1 Å². The van der Waals surface area contributed by atoms with Crippen LogP contribution in [0.2, 0.25) is 0 Å². The molecule has 1 heterocycles. The van der Waals surface area contributed by atoms with Crippen molar-refractivity contribution in [3.63, 3.8) is 0 Å². The van der Waals surface area contributed by atoms with Gasteiger partial charge >= 0.3 is 6.18 Å². The molecule has 0 saturated heterocycles. The maximum absolute atomic E-state index is 13.6. The summed E-state index contributed by atoms with van der Waals surface area (Å²) in [6, 6.07) is 12.3. The van der Waals surface area contributed by atoms with E-state index in [1.807, 2.05) is 44.2 Å². The van der Waals surface area contributed by atoms with Crippen LogP contribution in [-0.4, -0.2) is 19.1 Å². The number of hydrogen-bond acceptors (Lipinski definition) is 2. The number of halogens is 3. The molecule has 0 atom stereocenters. The average molecular weight is 407 g/mol. The zero-order valence-electron chi connectivity index (χ0n) is 17.6. The van der Waals surface area contributed by atoms with Crippen molar-refractivity contribution >= 4 is 11.6 Å². The number of carbonyl (C=O) groups is 1. The van der Waals surface area contributed by atoms with Crippen LogP contribution in [-0.2, 0) is 27.7 Å². The van der Waals surface area contributed by atoms with Gasteiger partial charge in [-0.05, 0) is 44.0 Å². The highest BCUT2D eigenvalue weighted by molar-refractivity contribution is 6.08. The van der Waals surface area contributed by atoms with E-state index >= 15 is 0 Å². The van der Waals surface area contributed by atoms with Gasteiger partial charge in [0.1, 0.15) is 0 Å². The van der Waals surface area contributed by atoms with Crippen LogP contribution < -0.4 is 4.90 Å². The second kappa shape index (κ2) is 8.99. The minimum absolute atomic E-state index is 0.0497. The zero-order chi connectivity index (χ0) is 21.8. The number of alkyl halides is 3. The Bertz CT molecular complexity index is 845. The number of fused-ring (bicyclic) bond motifs is 1. The van der Waals surface area contributed by atoms with E-state index in [2.05, 4.69) is 0 Å². The smallest absolute Gasteiger partial charge is 0.375 e. The summed E-state index contributed by atoms with van der Waals surface area (Å²) in [5, 5.41) is 0. The lowest BCUT2D eigenvalue weighted by Crippen LogP contribution is -2.38. The number of anilines is 1. The van der Waals surface area contributed by atoms with Crippen molar-refractivity contribution in [2.45, 2.75) is 52.8 Å². The van der Waals surface area contributed by atoms with Crippen molar-refractivity contribution in [3.8, 4) is 0 Å². The number of hydrogen-bond donors (Lipinski definition) is 0. The molecule has 0 N–H and O–H groups in total. The lowest BCUT2D eigenvalue weighted by atomic mass is 9.82. The molecular formula is C23H28F3NO2. The van der Waals surface area contributed by atoms with Crippen LogP contribution in [0.5, 0.6) is 0 Å². The van der Waals surface area contributed by atoms with E-state index in [4.69, 9.17) is 4.74 Å². The molecule has 0 fully saturated rings. The van der Waals surface area contributed by atoms with Crippen molar-refractivity contribution in [3.05, 3.63) is 64.7 Å². The molecule has 0 aliphatic carbocycles. The van der Waals surface area contributed by atoms with Gasteiger partial charge in [-0.15, -0.1) is 0 Å². The van der Waals surface area contributed by atoms with Crippen molar-refractivity contribution in [1.29, 1.82) is 0 Å². The summed E-state index contributed by atoms with van der Waals surface area (Å²) in [7, 11) is 0. The Morgan fingerprint density at radius 2 is 1.69 bits per heavy atom. The summed E-state index contributed by atoms with van der Waals surface area (Å²) in [6.07, 6.45) is -4.51. The van der Waals surface area contributed by atoms with Crippen LogP contribution in [0.25, 0.3) is 0 Å². The number of benzene rings is 2. The largest absolute Gasteiger partial charge is 0.416 e. The molecule has 0 radical (unpaired) electrons. The Morgan fingerprint density at radius 1 is 1.07 bits per heavy atom. The number of aryl methyl sites for hydroxylation is 1. The minimum atomic E-state index is -4.51. The number of nitrogens with zero attached hydrogens (tertiary/aromatic N) is 1. The second-order valence-corrected chi connectivity index (χ2v) is 7.32. The Balaban J connectivity index is 0.00000145. The van der Waals surface area contributed by atoms with Gasteiger partial charge in [0, 0.05) is 17.8 Å². The standard InChI is InChI=1S/C21H22F3NO2.C2H6/c1-14-11-16(21(22,23)24)18-17(12-14)25(19(26)20(18,2)3)9-10-27-13-15-7-5-4-6-8-15;1-2/h4-8,11-12H,9-10,13H2,1-3H3;1-2H3. The van der Waals surface area contributed by atoms with Crippen molar-refractivity contribution in [1.82, 2.24) is 0 Å². The summed E-state index contributed by atoms with van der Waals surface area (Å²) in [6.45, 7) is 9.54. The highest BCUT2D eigenvalue weighted by Gasteiger charge is 2.49. The van der Waals surface area contributed by atoms with Crippen LogP contribution in [0.1, 0.15) is 49.9 Å². The Morgan fingerprint density at radius 3 is 2.28 bits per heavy atom. The highest BCUT2D eigenvalue weighted by atomic mass is 19.4.